The molecule has 2 nitrogen and oxygen atoms in total. The average Bonchev–Trinajstić information content (AvgIpc) is 2.08. The summed E-state index contributed by atoms with van der Waals surface area (Å²) in [5.74, 6) is 0. The van der Waals surface area contributed by atoms with Crippen molar-refractivity contribution in [1.29, 1.82) is 0 Å². The van der Waals surface area contributed by atoms with Crippen molar-refractivity contribution in [3.63, 3.8) is 0 Å². The summed E-state index contributed by atoms with van der Waals surface area (Å²) in [6.45, 7) is 5.45. The van der Waals surface area contributed by atoms with Crippen LogP contribution in [0.3, 0.4) is 0 Å². The maximum Gasteiger partial charge on any atom is 0.0431 e. The highest BCUT2D eigenvalue weighted by atomic mass is 16.2. The molecule has 0 unspecified atom stereocenters. The highest BCUT2D eigenvalue weighted by Crippen LogP contribution is 1.96. The van der Waals surface area contributed by atoms with Crippen LogP contribution in [0.5, 0.6) is 0 Å². The highest BCUT2D eigenvalue weighted by Gasteiger charge is 1.85. The zero-order valence-electron chi connectivity index (χ0n) is 8.19. The largest absolute Gasteiger partial charge is 0.396 e. The normalized spacial score (nSPS) is 8.73. The van der Waals surface area contributed by atoms with Crippen molar-refractivity contribution < 1.29 is 5.11 Å². The zero-order valence-corrected chi connectivity index (χ0v) is 8.19. The van der Waals surface area contributed by atoms with Crippen molar-refractivity contribution in [3.8, 4) is 0 Å². The van der Waals surface area contributed by atoms with Crippen LogP contribution in [0.25, 0.3) is 0 Å². The van der Waals surface area contributed by atoms with Crippen LogP contribution in [-0.4, -0.2) is 25.3 Å². The molecule has 0 spiro atoms. The fourth-order valence-corrected chi connectivity index (χ4v) is 0.767. The monoisotopic (exact) mass is 161 g/mol. The molecule has 0 aliphatic carbocycles. The molecule has 0 amide bonds. The molecule has 2 heteroatoms. The smallest absolute Gasteiger partial charge is 0.0431 e. The Kier molecular flexibility index (Phi) is 20.2. The topological polar surface area (TPSA) is 32.3 Å². The summed E-state index contributed by atoms with van der Waals surface area (Å²) < 4.78 is 0. The molecule has 0 bridgehead atoms. The predicted molar refractivity (Wildman–Crippen MR) is 50.8 cm³/mol. The molecule has 0 heterocycles. The Morgan fingerprint density at radius 1 is 1.00 bits per heavy atom. The van der Waals surface area contributed by atoms with E-state index in [0.29, 0.717) is 6.61 Å². The molecule has 0 fully saturated rings. The minimum Gasteiger partial charge on any atom is -0.396 e. The van der Waals surface area contributed by atoms with Gasteiger partial charge in [-0.2, -0.15) is 0 Å². The van der Waals surface area contributed by atoms with E-state index in [-0.39, 0.29) is 0 Å². The number of rotatable bonds is 6. The average molecular weight is 161 g/mol. The third kappa shape index (κ3) is 17.8. The van der Waals surface area contributed by atoms with Crippen LogP contribution in [0.15, 0.2) is 0 Å². The van der Waals surface area contributed by atoms with E-state index in [2.05, 4.69) is 5.32 Å². The number of nitrogens with one attached hydrogen (secondary N) is 1. The lowest BCUT2D eigenvalue weighted by Gasteiger charge is -1.97. The molecule has 2 N–H and O–H groups in total. The van der Waals surface area contributed by atoms with Gasteiger partial charge in [-0.25, -0.2) is 0 Å². The molecule has 0 radical (unpaired) electrons. The molecule has 0 saturated heterocycles. The van der Waals surface area contributed by atoms with Crippen molar-refractivity contribution in [3.05, 3.63) is 0 Å². The second kappa shape index (κ2) is 16.5. The number of hydrogen-bond donors (Lipinski definition) is 2. The van der Waals surface area contributed by atoms with Gasteiger partial charge < -0.3 is 10.4 Å². The fourth-order valence-electron chi connectivity index (χ4n) is 0.767. The minimum absolute atomic E-state index is 0.347. The van der Waals surface area contributed by atoms with E-state index in [9.17, 15) is 0 Å². The molecule has 0 aliphatic rings. The van der Waals surface area contributed by atoms with Crippen LogP contribution in [-0.2, 0) is 0 Å². The quantitative estimate of drug-likeness (QED) is 0.582. The summed E-state index contributed by atoms with van der Waals surface area (Å²) >= 11 is 0. The first-order chi connectivity index (χ1) is 5.41. The van der Waals surface area contributed by atoms with Crippen molar-refractivity contribution in [1.82, 2.24) is 5.32 Å². The summed E-state index contributed by atoms with van der Waals surface area (Å²) in [6, 6.07) is 0. The van der Waals surface area contributed by atoms with Gasteiger partial charge in [-0.1, -0.05) is 26.7 Å². The van der Waals surface area contributed by atoms with Gasteiger partial charge in [0.05, 0.1) is 0 Å². The summed E-state index contributed by atoms with van der Waals surface area (Å²) in [5, 5.41) is 11.5. The summed E-state index contributed by atoms with van der Waals surface area (Å²) in [6.07, 6.45) is 4.60. The Balaban J connectivity index is 0. The van der Waals surface area contributed by atoms with E-state index in [1.54, 1.807) is 0 Å². The van der Waals surface area contributed by atoms with Crippen LogP contribution in [0.2, 0.25) is 0 Å². The Morgan fingerprint density at radius 3 is 2.00 bits per heavy atom. The van der Waals surface area contributed by atoms with Gasteiger partial charge in [-0.15, -0.1) is 0 Å². The lowest BCUT2D eigenvalue weighted by atomic mass is 10.2. The summed E-state index contributed by atoms with van der Waals surface area (Å²) in [7, 11) is 1.96. The summed E-state index contributed by atoms with van der Waals surface area (Å²) in [5.41, 5.74) is 0. The van der Waals surface area contributed by atoms with Gasteiger partial charge in [0, 0.05) is 6.61 Å². The minimum atomic E-state index is 0.347. The molecule has 0 rings (SSSR count). The van der Waals surface area contributed by atoms with Gasteiger partial charge in [0.15, 0.2) is 0 Å². The molecular weight excluding hydrogens is 138 g/mol. The number of aliphatic hydroxyl groups is 1. The first-order valence-electron chi connectivity index (χ1n) is 4.67. The molecule has 0 aliphatic heterocycles. The molecule has 70 valence electrons. The van der Waals surface area contributed by atoms with Gasteiger partial charge in [-0.05, 0) is 26.4 Å². The molecular formula is C9H23NO. The molecule has 11 heavy (non-hydrogen) atoms. The zero-order chi connectivity index (χ0) is 8.95. The molecule has 0 aromatic rings. The van der Waals surface area contributed by atoms with Gasteiger partial charge in [0.1, 0.15) is 0 Å². The Hall–Kier alpha value is -0.0800. The van der Waals surface area contributed by atoms with Crippen LogP contribution >= 0.6 is 0 Å². The van der Waals surface area contributed by atoms with Crippen LogP contribution in [0, 0.1) is 0 Å². The lowest BCUT2D eigenvalue weighted by Crippen LogP contribution is -2.06. The number of unbranched alkanes of at least 4 members (excludes halogenated alkanes) is 3. The van der Waals surface area contributed by atoms with Gasteiger partial charge in [-0.3, -0.25) is 0 Å². The third-order valence-corrected chi connectivity index (χ3v) is 1.33. The van der Waals surface area contributed by atoms with Crippen LogP contribution in [0.4, 0.5) is 0 Å². The molecule has 0 aromatic carbocycles. The first kappa shape index (κ1) is 13.5. The van der Waals surface area contributed by atoms with Crippen LogP contribution in [0.1, 0.15) is 39.5 Å². The van der Waals surface area contributed by atoms with E-state index < -0.39 is 0 Å². The Bertz CT molecular complexity index is 42.8. The first-order valence-corrected chi connectivity index (χ1v) is 4.67. The van der Waals surface area contributed by atoms with Gasteiger partial charge in [0.2, 0.25) is 0 Å². The highest BCUT2D eigenvalue weighted by molar-refractivity contribution is 4.43. The SMILES string of the molecule is CC.CNCCCCCCO. The second-order valence-corrected chi connectivity index (χ2v) is 2.24. The lowest BCUT2D eigenvalue weighted by molar-refractivity contribution is 0.282. The van der Waals surface area contributed by atoms with Gasteiger partial charge in [0.25, 0.3) is 0 Å². The maximum absolute atomic E-state index is 8.41. The van der Waals surface area contributed by atoms with Crippen molar-refractivity contribution in [2.75, 3.05) is 20.2 Å². The van der Waals surface area contributed by atoms with E-state index in [0.717, 1.165) is 19.4 Å². The molecule has 0 atom stereocenters. The molecule has 0 saturated carbocycles. The van der Waals surface area contributed by atoms with E-state index in [1.807, 2.05) is 20.9 Å². The third-order valence-electron chi connectivity index (χ3n) is 1.33. The van der Waals surface area contributed by atoms with Crippen molar-refractivity contribution in [2.45, 2.75) is 39.5 Å². The van der Waals surface area contributed by atoms with Crippen LogP contribution < -0.4 is 5.32 Å². The number of aliphatic hydroxyl groups excluding tert-OH is 1. The number of hydrogen-bond acceptors (Lipinski definition) is 2. The predicted octanol–water partition coefficient (Wildman–Crippen LogP) is 1.78. The summed E-state index contributed by atoms with van der Waals surface area (Å²) in [4.78, 5) is 0. The van der Waals surface area contributed by atoms with Gasteiger partial charge >= 0.3 is 0 Å². The standard InChI is InChI=1S/C7H17NO.C2H6/c1-8-6-4-2-3-5-7-9;1-2/h8-9H,2-7H2,1H3;1-2H3. The maximum atomic E-state index is 8.41. The Morgan fingerprint density at radius 2 is 1.55 bits per heavy atom. The van der Waals surface area contributed by atoms with Crippen molar-refractivity contribution >= 4 is 0 Å². The fraction of sp³-hybridized carbons (Fsp3) is 1.00. The second-order valence-electron chi connectivity index (χ2n) is 2.24. The van der Waals surface area contributed by atoms with E-state index >= 15 is 0 Å². The van der Waals surface area contributed by atoms with E-state index in [1.165, 1.54) is 12.8 Å². The Labute approximate surface area is 71.0 Å². The van der Waals surface area contributed by atoms with Crippen molar-refractivity contribution in [2.24, 2.45) is 0 Å². The van der Waals surface area contributed by atoms with E-state index in [4.69, 9.17) is 5.11 Å². The molecule has 0 aromatic heterocycles.